The molecule has 2 aliphatic rings. The first-order chi connectivity index (χ1) is 9.61. The third kappa shape index (κ3) is 2.34. The molecule has 0 atom stereocenters. The average Bonchev–Trinajstić information content (AvgIpc) is 2.83. The number of hydrogen-bond donors (Lipinski definition) is 2. The van der Waals surface area contributed by atoms with E-state index >= 15 is 0 Å². The highest BCUT2D eigenvalue weighted by Crippen LogP contribution is 2.35. The van der Waals surface area contributed by atoms with E-state index in [4.69, 9.17) is 0 Å². The number of benzene rings is 1. The minimum atomic E-state index is 0.0489. The Kier molecular flexibility index (Phi) is 3.52. The number of carbonyl (C=O) groups is 1. The van der Waals surface area contributed by atoms with Gasteiger partial charge >= 0.3 is 0 Å². The quantitative estimate of drug-likeness (QED) is 0.874. The van der Waals surface area contributed by atoms with Crippen LogP contribution in [0.4, 0.5) is 0 Å². The molecule has 4 heteroatoms. The van der Waals surface area contributed by atoms with Gasteiger partial charge in [-0.15, -0.1) is 0 Å². The number of amides is 1. The summed E-state index contributed by atoms with van der Waals surface area (Å²) in [6.07, 6.45) is 3.61. The van der Waals surface area contributed by atoms with Gasteiger partial charge in [0.25, 0.3) is 5.91 Å². The number of carbonyl (C=O) groups excluding carboxylic acids is 1. The third-order valence-electron chi connectivity index (χ3n) is 4.91. The monoisotopic (exact) mass is 273 g/mol. The van der Waals surface area contributed by atoms with Crippen LogP contribution >= 0.6 is 0 Å². The van der Waals surface area contributed by atoms with Crippen molar-refractivity contribution in [3.63, 3.8) is 0 Å². The van der Waals surface area contributed by atoms with Crippen LogP contribution in [0, 0.1) is 0 Å². The number of nitrogens with zero attached hydrogens (tertiary/aromatic N) is 1. The Morgan fingerprint density at radius 2 is 2.05 bits per heavy atom. The summed E-state index contributed by atoms with van der Waals surface area (Å²) in [5, 5.41) is 6.42. The molecule has 0 radical (unpaired) electrons. The van der Waals surface area contributed by atoms with Crippen molar-refractivity contribution in [3.8, 4) is 0 Å². The van der Waals surface area contributed by atoms with Gasteiger partial charge in [0.2, 0.25) is 0 Å². The third-order valence-corrected chi connectivity index (χ3v) is 4.91. The second-order valence-corrected chi connectivity index (χ2v) is 6.24. The Hall–Kier alpha value is -1.39. The van der Waals surface area contributed by atoms with E-state index < -0.39 is 0 Å². The van der Waals surface area contributed by atoms with Gasteiger partial charge in [-0.05, 0) is 56.6 Å². The molecule has 4 nitrogen and oxygen atoms in total. The summed E-state index contributed by atoms with van der Waals surface area (Å²) in [6, 6.07) is 6.02. The largest absolute Gasteiger partial charge is 0.350 e. The lowest BCUT2D eigenvalue weighted by Crippen LogP contribution is -2.57. The molecule has 1 fully saturated rings. The summed E-state index contributed by atoms with van der Waals surface area (Å²) < 4.78 is 0. The molecule has 2 N–H and O–H groups in total. The van der Waals surface area contributed by atoms with E-state index in [-0.39, 0.29) is 11.4 Å². The van der Waals surface area contributed by atoms with E-state index in [0.717, 1.165) is 25.2 Å². The lowest BCUT2D eigenvalue weighted by molar-refractivity contribution is 0.0557. The molecule has 1 aromatic rings. The first-order valence-electron chi connectivity index (χ1n) is 7.39. The van der Waals surface area contributed by atoms with Crippen LogP contribution in [0.3, 0.4) is 0 Å². The van der Waals surface area contributed by atoms with Crippen molar-refractivity contribution in [1.82, 2.24) is 15.5 Å². The van der Waals surface area contributed by atoms with Gasteiger partial charge in [-0.2, -0.15) is 0 Å². The van der Waals surface area contributed by atoms with Gasteiger partial charge in [0, 0.05) is 30.7 Å². The molecule has 3 rings (SSSR count). The second kappa shape index (κ2) is 5.19. The molecule has 0 spiro atoms. The van der Waals surface area contributed by atoms with Crippen molar-refractivity contribution in [2.24, 2.45) is 0 Å². The van der Waals surface area contributed by atoms with Crippen LogP contribution in [0.15, 0.2) is 18.2 Å². The molecule has 0 saturated heterocycles. The summed E-state index contributed by atoms with van der Waals surface area (Å²) in [5.41, 5.74) is 3.52. The normalized spacial score (nSPS) is 19.6. The van der Waals surface area contributed by atoms with Gasteiger partial charge in [-0.25, -0.2) is 0 Å². The van der Waals surface area contributed by atoms with Crippen LogP contribution in [-0.4, -0.2) is 37.0 Å². The number of nitrogens with one attached hydrogen (secondary N) is 2. The highest BCUT2D eigenvalue weighted by Gasteiger charge is 2.39. The highest BCUT2D eigenvalue weighted by molar-refractivity contribution is 5.94. The van der Waals surface area contributed by atoms with E-state index in [2.05, 4.69) is 35.7 Å². The zero-order valence-electron chi connectivity index (χ0n) is 12.3. The van der Waals surface area contributed by atoms with E-state index in [1.165, 1.54) is 30.4 Å². The van der Waals surface area contributed by atoms with Gasteiger partial charge in [-0.1, -0.05) is 6.07 Å². The molecule has 20 heavy (non-hydrogen) atoms. The number of fused-ring (bicyclic) bond motifs is 1. The van der Waals surface area contributed by atoms with Crippen LogP contribution in [-0.2, 0) is 13.1 Å². The summed E-state index contributed by atoms with van der Waals surface area (Å²) >= 11 is 0. The summed E-state index contributed by atoms with van der Waals surface area (Å²) in [6.45, 7) is 2.53. The molecular weight excluding hydrogens is 250 g/mol. The zero-order chi connectivity index (χ0) is 14.2. The molecule has 108 valence electrons. The van der Waals surface area contributed by atoms with Gasteiger partial charge in [-0.3, -0.25) is 4.79 Å². The maximum Gasteiger partial charge on any atom is 0.251 e. The van der Waals surface area contributed by atoms with Crippen molar-refractivity contribution in [3.05, 3.63) is 34.9 Å². The Morgan fingerprint density at radius 1 is 1.30 bits per heavy atom. The van der Waals surface area contributed by atoms with Gasteiger partial charge in [0.15, 0.2) is 0 Å². The van der Waals surface area contributed by atoms with Crippen molar-refractivity contribution in [2.45, 2.75) is 37.9 Å². The molecule has 1 aliphatic heterocycles. The van der Waals surface area contributed by atoms with E-state index in [1.807, 2.05) is 12.1 Å². The van der Waals surface area contributed by atoms with E-state index in [1.54, 1.807) is 0 Å². The van der Waals surface area contributed by atoms with Crippen LogP contribution in [0.5, 0.6) is 0 Å². The van der Waals surface area contributed by atoms with E-state index in [9.17, 15) is 4.79 Å². The second-order valence-electron chi connectivity index (χ2n) is 6.24. The Labute approximate surface area is 120 Å². The van der Waals surface area contributed by atoms with Crippen LogP contribution in [0.25, 0.3) is 0 Å². The first-order valence-corrected chi connectivity index (χ1v) is 7.39. The molecule has 1 amide bonds. The lowest BCUT2D eigenvalue weighted by Gasteiger charge is -2.47. The van der Waals surface area contributed by atoms with Gasteiger partial charge in [0.05, 0.1) is 0 Å². The molecule has 0 bridgehead atoms. The fourth-order valence-electron chi connectivity index (χ4n) is 3.15. The SMILES string of the molecule is CN(C)C1(CNC(=O)c2ccc3c(c2)CNC3)CCC1. The average molecular weight is 273 g/mol. The van der Waals surface area contributed by atoms with Crippen molar-refractivity contribution >= 4 is 5.91 Å². The van der Waals surface area contributed by atoms with Crippen molar-refractivity contribution in [2.75, 3.05) is 20.6 Å². The fraction of sp³-hybridized carbons (Fsp3) is 0.562. The Morgan fingerprint density at radius 3 is 2.70 bits per heavy atom. The van der Waals surface area contributed by atoms with Crippen LogP contribution in [0.2, 0.25) is 0 Å². The van der Waals surface area contributed by atoms with Crippen LogP contribution in [0.1, 0.15) is 40.7 Å². The number of likely N-dealkylation sites (N-methyl/N-ethyl adjacent to an activating group) is 1. The molecule has 0 aromatic heterocycles. The number of rotatable bonds is 4. The maximum absolute atomic E-state index is 12.3. The lowest BCUT2D eigenvalue weighted by atomic mass is 9.75. The van der Waals surface area contributed by atoms with Gasteiger partial charge < -0.3 is 15.5 Å². The summed E-state index contributed by atoms with van der Waals surface area (Å²) in [5.74, 6) is 0.0489. The number of hydrogen-bond acceptors (Lipinski definition) is 3. The molecule has 1 saturated carbocycles. The standard InChI is InChI=1S/C16H23N3O/c1-19(2)16(6-3-7-16)11-18-15(20)12-4-5-13-9-17-10-14(13)8-12/h4-5,8,17H,3,6-7,9-11H2,1-2H3,(H,18,20). The predicted octanol–water partition coefficient (Wildman–Crippen LogP) is 1.50. The molecule has 1 heterocycles. The molecular formula is C16H23N3O. The highest BCUT2D eigenvalue weighted by atomic mass is 16.1. The predicted molar refractivity (Wildman–Crippen MR) is 79.6 cm³/mol. The summed E-state index contributed by atoms with van der Waals surface area (Å²) in [7, 11) is 4.21. The zero-order valence-corrected chi connectivity index (χ0v) is 12.3. The van der Waals surface area contributed by atoms with Gasteiger partial charge in [0.1, 0.15) is 0 Å². The Bertz CT molecular complexity index is 520. The smallest absolute Gasteiger partial charge is 0.251 e. The minimum Gasteiger partial charge on any atom is -0.350 e. The minimum absolute atomic E-state index is 0.0489. The van der Waals surface area contributed by atoms with Crippen LogP contribution < -0.4 is 10.6 Å². The Balaban J connectivity index is 1.65. The van der Waals surface area contributed by atoms with E-state index in [0.29, 0.717) is 0 Å². The van der Waals surface area contributed by atoms with Crippen molar-refractivity contribution in [1.29, 1.82) is 0 Å². The maximum atomic E-state index is 12.3. The van der Waals surface area contributed by atoms with Crippen molar-refractivity contribution < 1.29 is 4.79 Å². The summed E-state index contributed by atoms with van der Waals surface area (Å²) in [4.78, 5) is 14.6. The molecule has 0 unspecified atom stereocenters. The fourth-order valence-corrected chi connectivity index (χ4v) is 3.15. The topological polar surface area (TPSA) is 44.4 Å². The molecule has 1 aromatic carbocycles. The molecule has 1 aliphatic carbocycles. The first kappa shape index (κ1) is 13.6.